The van der Waals surface area contributed by atoms with E-state index >= 15 is 0 Å². The van der Waals surface area contributed by atoms with Crippen LogP contribution >= 0.6 is 0 Å². The third-order valence-electron chi connectivity index (χ3n) is 3.18. The van der Waals surface area contributed by atoms with Crippen molar-refractivity contribution in [3.63, 3.8) is 0 Å². The van der Waals surface area contributed by atoms with Gasteiger partial charge in [-0.3, -0.25) is 4.79 Å². The van der Waals surface area contributed by atoms with Crippen molar-refractivity contribution in [3.05, 3.63) is 65.2 Å². The molecule has 2 rings (SSSR count). The second-order valence-corrected chi connectivity index (χ2v) is 4.72. The summed E-state index contributed by atoms with van der Waals surface area (Å²) >= 11 is 0. The summed E-state index contributed by atoms with van der Waals surface area (Å²) in [6.07, 6.45) is 0.920. The van der Waals surface area contributed by atoms with Crippen LogP contribution in [0, 0.1) is 0 Å². The molecule has 0 saturated carbocycles. The Labute approximate surface area is 126 Å². The van der Waals surface area contributed by atoms with E-state index in [0.29, 0.717) is 5.56 Å². The normalized spacial score (nSPS) is 11.2. The Morgan fingerprint density at radius 2 is 1.64 bits per heavy atom. The topological polar surface area (TPSA) is 94.8 Å². The molecule has 0 fully saturated rings. The summed E-state index contributed by atoms with van der Waals surface area (Å²) in [5.74, 6) is -2.51. The van der Waals surface area contributed by atoms with Crippen LogP contribution in [-0.4, -0.2) is 27.1 Å². The Hall–Kier alpha value is -3.08. The minimum atomic E-state index is -1.17. The number of allylic oxidation sites excluding steroid dienone is 1. The number of carboxylic acids is 1. The number of carboxylic acid groups (broad SMARTS) is 1. The predicted octanol–water partition coefficient (Wildman–Crippen LogP) is 2.82. The van der Waals surface area contributed by atoms with Crippen molar-refractivity contribution in [2.45, 2.75) is 6.92 Å². The number of phenolic OH excluding ortho intramolecular Hbond substituents is 2. The molecule has 22 heavy (non-hydrogen) atoms. The van der Waals surface area contributed by atoms with E-state index in [2.05, 4.69) is 0 Å². The van der Waals surface area contributed by atoms with Crippen molar-refractivity contribution in [2.24, 2.45) is 0 Å². The molecule has 0 radical (unpaired) electrons. The van der Waals surface area contributed by atoms with E-state index in [1.807, 2.05) is 0 Å². The summed E-state index contributed by atoms with van der Waals surface area (Å²) in [5.41, 5.74) is 0.513. The molecule has 0 aliphatic rings. The molecule has 3 N–H and O–H groups in total. The fourth-order valence-corrected chi connectivity index (χ4v) is 2.12. The number of carbonyl (C=O) groups is 2. The molecule has 0 atom stereocenters. The van der Waals surface area contributed by atoms with Gasteiger partial charge in [0.1, 0.15) is 17.1 Å². The standard InChI is InChI=1S/C17H14O5/c1-10(9-14(19)20)12-7-8-13(18)15(17(12)22)16(21)11-5-3-2-4-6-11/h2-9,18,22H,1H3,(H,19,20)/b10-9-. The molecule has 0 saturated heterocycles. The highest BCUT2D eigenvalue weighted by Crippen LogP contribution is 2.35. The lowest BCUT2D eigenvalue weighted by atomic mass is 9.96. The van der Waals surface area contributed by atoms with Gasteiger partial charge in [-0.1, -0.05) is 30.3 Å². The van der Waals surface area contributed by atoms with Crippen LogP contribution in [0.1, 0.15) is 28.4 Å². The molecule has 0 aromatic heterocycles. The molecule has 0 aliphatic carbocycles. The molecule has 2 aromatic rings. The third-order valence-corrected chi connectivity index (χ3v) is 3.18. The molecule has 2 aromatic carbocycles. The summed E-state index contributed by atoms with van der Waals surface area (Å²) in [7, 11) is 0. The maximum absolute atomic E-state index is 12.4. The fraction of sp³-hybridized carbons (Fsp3) is 0.0588. The van der Waals surface area contributed by atoms with Gasteiger partial charge >= 0.3 is 5.97 Å². The Morgan fingerprint density at radius 3 is 2.23 bits per heavy atom. The van der Waals surface area contributed by atoms with Crippen molar-refractivity contribution in [1.82, 2.24) is 0 Å². The lowest BCUT2D eigenvalue weighted by Crippen LogP contribution is -2.03. The minimum absolute atomic E-state index is 0.180. The SMILES string of the molecule is C/C(=C/C(=O)O)c1ccc(O)c(C(=O)c2ccccc2)c1O. The molecule has 0 aliphatic heterocycles. The van der Waals surface area contributed by atoms with E-state index in [0.717, 1.165) is 6.08 Å². The fourth-order valence-electron chi connectivity index (χ4n) is 2.12. The third kappa shape index (κ3) is 2.98. The number of phenols is 2. The van der Waals surface area contributed by atoms with Gasteiger partial charge < -0.3 is 15.3 Å². The van der Waals surface area contributed by atoms with Gasteiger partial charge in [0, 0.05) is 17.2 Å². The number of aromatic hydroxyl groups is 2. The van der Waals surface area contributed by atoms with Crippen molar-refractivity contribution < 1.29 is 24.9 Å². The number of aliphatic carboxylic acids is 1. The first-order chi connectivity index (χ1) is 10.4. The smallest absolute Gasteiger partial charge is 0.328 e. The van der Waals surface area contributed by atoms with Crippen molar-refractivity contribution in [3.8, 4) is 11.5 Å². The quantitative estimate of drug-likeness (QED) is 0.596. The zero-order valence-corrected chi connectivity index (χ0v) is 11.8. The van der Waals surface area contributed by atoms with Gasteiger partial charge in [-0.15, -0.1) is 0 Å². The van der Waals surface area contributed by atoms with E-state index in [-0.39, 0.29) is 22.4 Å². The molecule has 112 valence electrons. The van der Waals surface area contributed by atoms with E-state index in [1.54, 1.807) is 30.3 Å². The highest BCUT2D eigenvalue weighted by molar-refractivity contribution is 6.13. The van der Waals surface area contributed by atoms with E-state index in [1.165, 1.54) is 19.1 Å². The Kier molecular flexibility index (Phi) is 4.27. The number of hydrogen-bond acceptors (Lipinski definition) is 4. The van der Waals surface area contributed by atoms with Gasteiger partial charge in [0.15, 0.2) is 0 Å². The molecule has 5 nitrogen and oxygen atoms in total. The maximum Gasteiger partial charge on any atom is 0.328 e. The highest BCUT2D eigenvalue weighted by atomic mass is 16.4. The van der Waals surface area contributed by atoms with Crippen LogP contribution in [0.4, 0.5) is 0 Å². The summed E-state index contributed by atoms with van der Waals surface area (Å²) < 4.78 is 0. The molecular formula is C17H14O5. The Balaban J connectivity index is 2.58. The van der Waals surface area contributed by atoms with Crippen LogP contribution in [0.15, 0.2) is 48.5 Å². The minimum Gasteiger partial charge on any atom is -0.507 e. The number of hydrogen-bond donors (Lipinski definition) is 3. The van der Waals surface area contributed by atoms with Crippen LogP contribution in [0.3, 0.4) is 0 Å². The number of carbonyl (C=O) groups excluding carboxylic acids is 1. The largest absolute Gasteiger partial charge is 0.507 e. The number of benzene rings is 2. The van der Waals surface area contributed by atoms with E-state index in [9.17, 15) is 19.8 Å². The van der Waals surface area contributed by atoms with Gasteiger partial charge in [-0.2, -0.15) is 0 Å². The summed E-state index contributed by atoms with van der Waals surface area (Å²) in [4.78, 5) is 23.2. The van der Waals surface area contributed by atoms with Gasteiger partial charge in [-0.05, 0) is 24.6 Å². The molecule has 0 unspecified atom stereocenters. The molecule has 5 heteroatoms. The first-order valence-corrected chi connectivity index (χ1v) is 6.48. The van der Waals surface area contributed by atoms with E-state index in [4.69, 9.17) is 5.11 Å². The van der Waals surface area contributed by atoms with Gasteiger partial charge in [0.2, 0.25) is 5.78 Å². The number of ketones is 1. The van der Waals surface area contributed by atoms with Crippen molar-refractivity contribution in [2.75, 3.05) is 0 Å². The molecular weight excluding hydrogens is 284 g/mol. The highest BCUT2D eigenvalue weighted by Gasteiger charge is 2.21. The molecule has 0 spiro atoms. The Bertz CT molecular complexity index is 760. The predicted molar refractivity (Wildman–Crippen MR) is 80.9 cm³/mol. The Morgan fingerprint density at radius 1 is 1.00 bits per heavy atom. The first kappa shape index (κ1) is 15.3. The van der Waals surface area contributed by atoms with Gasteiger partial charge in [0.25, 0.3) is 0 Å². The lowest BCUT2D eigenvalue weighted by molar-refractivity contribution is -0.131. The molecule has 0 bridgehead atoms. The summed E-state index contributed by atoms with van der Waals surface area (Å²) in [6, 6.07) is 10.8. The summed E-state index contributed by atoms with van der Waals surface area (Å²) in [5, 5.41) is 28.9. The zero-order chi connectivity index (χ0) is 16.3. The van der Waals surface area contributed by atoms with Crippen LogP contribution in [0.5, 0.6) is 11.5 Å². The van der Waals surface area contributed by atoms with Crippen LogP contribution in [-0.2, 0) is 4.79 Å². The average molecular weight is 298 g/mol. The maximum atomic E-state index is 12.4. The first-order valence-electron chi connectivity index (χ1n) is 6.48. The van der Waals surface area contributed by atoms with Crippen molar-refractivity contribution >= 4 is 17.3 Å². The molecule has 0 amide bonds. The van der Waals surface area contributed by atoms with Crippen molar-refractivity contribution in [1.29, 1.82) is 0 Å². The van der Waals surface area contributed by atoms with Crippen LogP contribution in [0.2, 0.25) is 0 Å². The molecule has 0 heterocycles. The lowest BCUT2D eigenvalue weighted by Gasteiger charge is -2.11. The second kappa shape index (κ2) is 6.13. The summed E-state index contributed by atoms with van der Waals surface area (Å²) in [6.45, 7) is 1.50. The van der Waals surface area contributed by atoms with Gasteiger partial charge in [0.05, 0.1) is 0 Å². The van der Waals surface area contributed by atoms with Crippen LogP contribution in [0.25, 0.3) is 5.57 Å². The monoisotopic (exact) mass is 298 g/mol. The van der Waals surface area contributed by atoms with Gasteiger partial charge in [-0.25, -0.2) is 4.79 Å². The van der Waals surface area contributed by atoms with Crippen LogP contribution < -0.4 is 0 Å². The number of rotatable bonds is 4. The van der Waals surface area contributed by atoms with E-state index < -0.39 is 17.5 Å². The zero-order valence-electron chi connectivity index (χ0n) is 11.8. The second-order valence-electron chi connectivity index (χ2n) is 4.72. The average Bonchev–Trinajstić information content (AvgIpc) is 2.47.